The summed E-state index contributed by atoms with van der Waals surface area (Å²) in [6, 6.07) is 10.1. The highest BCUT2D eigenvalue weighted by atomic mass is 16.3. The van der Waals surface area contributed by atoms with E-state index >= 15 is 0 Å². The number of aliphatic hydroxyl groups is 1. The number of rotatable bonds is 3. The van der Waals surface area contributed by atoms with Crippen molar-refractivity contribution >= 4 is 5.91 Å². The van der Waals surface area contributed by atoms with Crippen molar-refractivity contribution in [3.05, 3.63) is 35.9 Å². The molecule has 1 aliphatic heterocycles. The molecular weight excluding hydrogens is 214 g/mol. The Bertz CT molecular complexity index is 388. The number of amides is 1. The van der Waals surface area contributed by atoms with Crippen molar-refractivity contribution < 1.29 is 9.90 Å². The summed E-state index contributed by atoms with van der Waals surface area (Å²) in [6.07, 6.45) is 0.0568. The average Bonchev–Trinajstić information content (AvgIpc) is 2.72. The number of hydrogen-bond acceptors (Lipinski definition) is 2. The zero-order valence-corrected chi connectivity index (χ0v) is 10.3. The van der Waals surface area contributed by atoms with Gasteiger partial charge in [-0.05, 0) is 19.4 Å². The van der Waals surface area contributed by atoms with E-state index in [1.807, 2.05) is 42.2 Å². The molecule has 1 unspecified atom stereocenters. The summed E-state index contributed by atoms with van der Waals surface area (Å²) in [5.41, 5.74) is 1.15. The van der Waals surface area contributed by atoms with E-state index in [0.717, 1.165) is 5.56 Å². The third-order valence-electron chi connectivity index (χ3n) is 3.62. The van der Waals surface area contributed by atoms with E-state index in [-0.39, 0.29) is 17.9 Å². The Morgan fingerprint density at radius 2 is 1.94 bits per heavy atom. The van der Waals surface area contributed by atoms with Gasteiger partial charge in [0, 0.05) is 18.9 Å². The van der Waals surface area contributed by atoms with Gasteiger partial charge in [0.2, 0.25) is 5.91 Å². The quantitative estimate of drug-likeness (QED) is 0.867. The Balaban J connectivity index is 2.11. The predicted molar refractivity (Wildman–Crippen MR) is 66.4 cm³/mol. The maximum absolute atomic E-state index is 11.9. The van der Waals surface area contributed by atoms with Gasteiger partial charge in [-0.15, -0.1) is 0 Å². The Labute approximate surface area is 102 Å². The summed E-state index contributed by atoms with van der Waals surface area (Å²) in [4.78, 5) is 13.8. The van der Waals surface area contributed by atoms with Crippen LogP contribution in [0.1, 0.15) is 31.9 Å². The molecule has 3 heteroatoms. The van der Waals surface area contributed by atoms with Crippen LogP contribution in [0.4, 0.5) is 0 Å². The minimum absolute atomic E-state index is 0.0775. The third kappa shape index (κ3) is 2.50. The van der Waals surface area contributed by atoms with Crippen LogP contribution in [0, 0.1) is 5.92 Å². The monoisotopic (exact) mass is 233 g/mol. The number of carbonyl (C=O) groups is 1. The van der Waals surface area contributed by atoms with Gasteiger partial charge in [-0.2, -0.15) is 0 Å². The molecule has 92 valence electrons. The van der Waals surface area contributed by atoms with Gasteiger partial charge in [0.25, 0.3) is 0 Å². The maximum Gasteiger partial charge on any atom is 0.223 e. The molecule has 0 spiro atoms. The lowest BCUT2D eigenvalue weighted by Crippen LogP contribution is -2.29. The molecule has 1 aliphatic rings. The molecule has 1 N–H and O–H groups in total. The van der Waals surface area contributed by atoms with Crippen molar-refractivity contribution in [1.82, 2.24) is 4.90 Å². The Morgan fingerprint density at radius 3 is 2.47 bits per heavy atom. The minimum atomic E-state index is -0.410. The SMILES string of the molecule is C[C@H](c1ccccc1)N1CC([C@@H](C)O)CC1=O. The highest BCUT2D eigenvalue weighted by Crippen LogP contribution is 2.29. The molecule has 1 saturated heterocycles. The summed E-state index contributed by atoms with van der Waals surface area (Å²) >= 11 is 0. The molecule has 1 amide bonds. The molecule has 17 heavy (non-hydrogen) atoms. The summed E-state index contributed by atoms with van der Waals surface area (Å²) in [5, 5.41) is 9.56. The van der Waals surface area contributed by atoms with E-state index in [9.17, 15) is 9.90 Å². The maximum atomic E-state index is 11.9. The van der Waals surface area contributed by atoms with Crippen LogP contribution in [-0.2, 0) is 4.79 Å². The van der Waals surface area contributed by atoms with Crippen LogP contribution in [0.2, 0.25) is 0 Å². The fraction of sp³-hybridized carbons (Fsp3) is 0.500. The summed E-state index contributed by atoms with van der Waals surface area (Å²) < 4.78 is 0. The fourth-order valence-corrected chi connectivity index (χ4v) is 2.37. The van der Waals surface area contributed by atoms with E-state index in [1.54, 1.807) is 6.92 Å². The molecule has 1 fully saturated rings. The van der Waals surface area contributed by atoms with Crippen molar-refractivity contribution in [2.45, 2.75) is 32.4 Å². The largest absolute Gasteiger partial charge is 0.393 e. The van der Waals surface area contributed by atoms with Crippen molar-refractivity contribution in [2.24, 2.45) is 5.92 Å². The summed E-state index contributed by atoms with van der Waals surface area (Å²) in [7, 11) is 0. The second-order valence-corrected chi connectivity index (χ2v) is 4.84. The summed E-state index contributed by atoms with van der Waals surface area (Å²) in [6.45, 7) is 4.46. The first-order valence-electron chi connectivity index (χ1n) is 6.12. The molecule has 0 aliphatic carbocycles. The highest BCUT2D eigenvalue weighted by molar-refractivity contribution is 5.79. The van der Waals surface area contributed by atoms with Gasteiger partial charge in [0.05, 0.1) is 12.1 Å². The van der Waals surface area contributed by atoms with Gasteiger partial charge in [-0.3, -0.25) is 4.79 Å². The lowest BCUT2D eigenvalue weighted by atomic mass is 10.0. The normalized spacial score (nSPS) is 23.8. The molecule has 1 aromatic carbocycles. The molecule has 3 nitrogen and oxygen atoms in total. The van der Waals surface area contributed by atoms with E-state index < -0.39 is 6.10 Å². The molecular formula is C14H19NO2. The lowest BCUT2D eigenvalue weighted by molar-refractivity contribution is -0.129. The first-order chi connectivity index (χ1) is 8.09. The molecule has 3 atom stereocenters. The molecule has 1 heterocycles. The summed E-state index contributed by atoms with van der Waals surface area (Å²) in [5.74, 6) is 0.223. The molecule has 2 rings (SSSR count). The first-order valence-corrected chi connectivity index (χ1v) is 6.12. The Hall–Kier alpha value is -1.35. The van der Waals surface area contributed by atoms with Gasteiger partial charge < -0.3 is 10.0 Å². The Kier molecular flexibility index (Phi) is 3.48. The standard InChI is InChI=1S/C14H19NO2/c1-10(12-6-4-3-5-7-12)15-9-13(11(2)16)8-14(15)17/h3-7,10-11,13,16H,8-9H2,1-2H3/t10-,11-,13?/m1/s1. The number of likely N-dealkylation sites (tertiary alicyclic amines) is 1. The zero-order valence-electron chi connectivity index (χ0n) is 10.3. The van der Waals surface area contributed by atoms with E-state index in [2.05, 4.69) is 0 Å². The number of benzene rings is 1. The molecule has 0 radical (unpaired) electrons. The van der Waals surface area contributed by atoms with Crippen LogP contribution in [0.5, 0.6) is 0 Å². The predicted octanol–water partition coefficient (Wildman–Crippen LogP) is 1.98. The second kappa shape index (κ2) is 4.88. The van der Waals surface area contributed by atoms with Crippen LogP contribution in [-0.4, -0.2) is 28.6 Å². The molecule has 1 aromatic rings. The van der Waals surface area contributed by atoms with Gasteiger partial charge in [0.15, 0.2) is 0 Å². The van der Waals surface area contributed by atoms with E-state index in [1.165, 1.54) is 0 Å². The van der Waals surface area contributed by atoms with Crippen molar-refractivity contribution in [3.63, 3.8) is 0 Å². The third-order valence-corrected chi connectivity index (χ3v) is 3.62. The topological polar surface area (TPSA) is 40.5 Å². The average molecular weight is 233 g/mol. The van der Waals surface area contributed by atoms with Crippen LogP contribution in [0.15, 0.2) is 30.3 Å². The zero-order chi connectivity index (χ0) is 12.4. The second-order valence-electron chi connectivity index (χ2n) is 4.84. The van der Waals surface area contributed by atoms with Crippen LogP contribution in [0.25, 0.3) is 0 Å². The van der Waals surface area contributed by atoms with Crippen LogP contribution < -0.4 is 0 Å². The molecule has 0 saturated carbocycles. The number of nitrogens with zero attached hydrogens (tertiary/aromatic N) is 1. The van der Waals surface area contributed by atoms with Crippen molar-refractivity contribution in [2.75, 3.05) is 6.54 Å². The van der Waals surface area contributed by atoms with Crippen molar-refractivity contribution in [1.29, 1.82) is 0 Å². The number of aliphatic hydroxyl groups excluding tert-OH is 1. The number of carbonyl (C=O) groups excluding carboxylic acids is 1. The lowest BCUT2D eigenvalue weighted by Gasteiger charge is -2.25. The Morgan fingerprint density at radius 1 is 1.29 bits per heavy atom. The van der Waals surface area contributed by atoms with Crippen LogP contribution in [0.3, 0.4) is 0 Å². The number of hydrogen-bond donors (Lipinski definition) is 1. The van der Waals surface area contributed by atoms with Gasteiger partial charge >= 0.3 is 0 Å². The fourth-order valence-electron chi connectivity index (χ4n) is 2.37. The highest BCUT2D eigenvalue weighted by Gasteiger charge is 2.35. The van der Waals surface area contributed by atoms with E-state index in [0.29, 0.717) is 13.0 Å². The first kappa shape index (κ1) is 12.1. The smallest absolute Gasteiger partial charge is 0.223 e. The van der Waals surface area contributed by atoms with Gasteiger partial charge in [-0.1, -0.05) is 30.3 Å². The molecule has 0 bridgehead atoms. The van der Waals surface area contributed by atoms with E-state index in [4.69, 9.17) is 0 Å². The van der Waals surface area contributed by atoms with Gasteiger partial charge in [0.1, 0.15) is 0 Å². The van der Waals surface area contributed by atoms with Gasteiger partial charge in [-0.25, -0.2) is 0 Å². The van der Waals surface area contributed by atoms with Crippen molar-refractivity contribution in [3.8, 4) is 0 Å². The molecule has 0 aromatic heterocycles. The minimum Gasteiger partial charge on any atom is -0.393 e. The van der Waals surface area contributed by atoms with Crippen LogP contribution >= 0.6 is 0 Å².